The third kappa shape index (κ3) is 3.80. The number of halogens is 2. The van der Waals surface area contributed by atoms with Crippen LogP contribution in [-0.2, 0) is 0 Å². The van der Waals surface area contributed by atoms with E-state index in [9.17, 15) is 0 Å². The Morgan fingerprint density at radius 2 is 1.78 bits per heavy atom. The number of rotatable bonds is 3. The van der Waals surface area contributed by atoms with Crippen LogP contribution in [0, 0.1) is 6.92 Å². The third-order valence-electron chi connectivity index (χ3n) is 4.28. The number of nitrogens with zero attached hydrogens (tertiary/aromatic N) is 2. The predicted molar refractivity (Wildman–Crippen MR) is 103 cm³/mol. The molecule has 1 aliphatic heterocycles. The van der Waals surface area contributed by atoms with Gasteiger partial charge in [-0.25, -0.2) is 4.31 Å². The van der Waals surface area contributed by atoms with Crippen molar-refractivity contribution in [3.63, 3.8) is 0 Å². The first-order valence-electron chi connectivity index (χ1n) is 7.66. The van der Waals surface area contributed by atoms with Crippen LogP contribution in [0.3, 0.4) is 0 Å². The van der Waals surface area contributed by atoms with E-state index in [1.807, 2.05) is 18.2 Å². The van der Waals surface area contributed by atoms with Crippen molar-refractivity contribution in [2.75, 3.05) is 30.8 Å². The van der Waals surface area contributed by atoms with Gasteiger partial charge in [-0.2, -0.15) is 0 Å². The minimum Gasteiger partial charge on any atom is -0.361 e. The lowest BCUT2D eigenvalue weighted by Gasteiger charge is -2.42. The number of benzene rings is 2. The lowest BCUT2D eigenvalue weighted by Crippen LogP contribution is -2.46. The standard InChI is InChI=1S/C18H20Cl2N2S/c1-13-3-5-14(6-4-13)18-12-21(23-2)9-10-22(18)17-8-7-15(19)11-16(17)20/h3-8,11,18H,9-10,12H2,1-2H3. The summed E-state index contributed by atoms with van der Waals surface area (Å²) < 4.78 is 2.41. The fourth-order valence-electron chi connectivity index (χ4n) is 3.00. The van der Waals surface area contributed by atoms with Crippen molar-refractivity contribution in [3.8, 4) is 0 Å². The zero-order valence-electron chi connectivity index (χ0n) is 13.3. The molecule has 5 heteroatoms. The molecule has 3 rings (SSSR count). The van der Waals surface area contributed by atoms with Crippen molar-refractivity contribution >= 4 is 40.8 Å². The lowest BCUT2D eigenvalue weighted by molar-refractivity contribution is 0.366. The summed E-state index contributed by atoms with van der Waals surface area (Å²) in [6, 6.07) is 14.9. The molecule has 0 saturated carbocycles. The van der Waals surface area contributed by atoms with Crippen LogP contribution in [0.2, 0.25) is 10.0 Å². The number of hydrogen-bond donors (Lipinski definition) is 0. The highest BCUT2D eigenvalue weighted by Crippen LogP contribution is 2.37. The van der Waals surface area contributed by atoms with Crippen molar-refractivity contribution in [1.82, 2.24) is 4.31 Å². The lowest BCUT2D eigenvalue weighted by atomic mass is 10.0. The van der Waals surface area contributed by atoms with Gasteiger partial charge in [-0.15, -0.1) is 0 Å². The zero-order chi connectivity index (χ0) is 16.4. The molecule has 0 aliphatic carbocycles. The topological polar surface area (TPSA) is 6.48 Å². The molecule has 0 bridgehead atoms. The summed E-state index contributed by atoms with van der Waals surface area (Å²) in [5.74, 6) is 0. The van der Waals surface area contributed by atoms with E-state index in [4.69, 9.17) is 23.2 Å². The summed E-state index contributed by atoms with van der Waals surface area (Å²) in [5, 5.41) is 1.39. The van der Waals surface area contributed by atoms with Gasteiger partial charge < -0.3 is 4.90 Å². The van der Waals surface area contributed by atoms with E-state index in [0.717, 1.165) is 25.3 Å². The van der Waals surface area contributed by atoms with Crippen LogP contribution in [0.15, 0.2) is 42.5 Å². The first-order valence-corrected chi connectivity index (χ1v) is 9.59. The molecular formula is C18H20Cl2N2S. The van der Waals surface area contributed by atoms with Gasteiger partial charge in [-0.05, 0) is 36.9 Å². The second kappa shape index (κ2) is 7.35. The molecule has 0 amide bonds. The van der Waals surface area contributed by atoms with Gasteiger partial charge in [0.05, 0.1) is 16.8 Å². The number of aryl methyl sites for hydroxylation is 1. The van der Waals surface area contributed by atoms with Crippen molar-refractivity contribution < 1.29 is 0 Å². The molecule has 0 spiro atoms. The minimum atomic E-state index is 0.287. The van der Waals surface area contributed by atoms with Crippen LogP contribution < -0.4 is 4.90 Å². The highest BCUT2D eigenvalue weighted by atomic mass is 35.5. The van der Waals surface area contributed by atoms with E-state index in [2.05, 4.69) is 46.7 Å². The summed E-state index contributed by atoms with van der Waals surface area (Å²) in [7, 11) is 0. The Morgan fingerprint density at radius 1 is 1.04 bits per heavy atom. The van der Waals surface area contributed by atoms with E-state index in [0.29, 0.717) is 10.0 Å². The van der Waals surface area contributed by atoms with Crippen LogP contribution in [0.1, 0.15) is 17.2 Å². The van der Waals surface area contributed by atoms with Gasteiger partial charge in [-0.1, -0.05) is 65.0 Å². The number of hydrogen-bond acceptors (Lipinski definition) is 3. The highest BCUT2D eigenvalue weighted by molar-refractivity contribution is 7.96. The zero-order valence-corrected chi connectivity index (χ0v) is 15.6. The first-order chi connectivity index (χ1) is 11.1. The Kier molecular flexibility index (Phi) is 5.42. The molecular weight excluding hydrogens is 347 g/mol. The molecule has 122 valence electrons. The van der Waals surface area contributed by atoms with Crippen LogP contribution in [-0.4, -0.2) is 30.2 Å². The average molecular weight is 367 g/mol. The van der Waals surface area contributed by atoms with Gasteiger partial charge in [0.15, 0.2) is 0 Å². The SMILES string of the molecule is CSN1CCN(c2ccc(Cl)cc2Cl)C(c2ccc(C)cc2)C1. The second-order valence-corrected chi connectivity index (χ2v) is 7.51. The Labute approximate surface area is 152 Å². The van der Waals surface area contributed by atoms with Gasteiger partial charge in [0.25, 0.3) is 0 Å². The van der Waals surface area contributed by atoms with Crippen molar-refractivity contribution in [1.29, 1.82) is 0 Å². The number of anilines is 1. The Morgan fingerprint density at radius 3 is 2.43 bits per heavy atom. The Bertz CT molecular complexity index is 675. The van der Waals surface area contributed by atoms with Crippen molar-refractivity contribution in [2.45, 2.75) is 13.0 Å². The van der Waals surface area contributed by atoms with Gasteiger partial charge in [-0.3, -0.25) is 0 Å². The highest BCUT2D eigenvalue weighted by Gasteiger charge is 2.29. The molecule has 2 aromatic rings. The van der Waals surface area contributed by atoms with Crippen molar-refractivity contribution in [2.24, 2.45) is 0 Å². The second-order valence-electron chi connectivity index (χ2n) is 5.79. The Balaban J connectivity index is 1.97. The smallest absolute Gasteiger partial charge is 0.0680 e. The van der Waals surface area contributed by atoms with Crippen molar-refractivity contribution in [3.05, 3.63) is 63.6 Å². The maximum atomic E-state index is 6.47. The van der Waals surface area contributed by atoms with Gasteiger partial charge >= 0.3 is 0 Å². The summed E-state index contributed by atoms with van der Waals surface area (Å²) in [5.41, 5.74) is 3.66. The molecule has 1 heterocycles. The molecule has 1 atom stereocenters. The monoisotopic (exact) mass is 366 g/mol. The predicted octanol–water partition coefficient (Wildman–Crippen LogP) is 5.44. The molecule has 0 aromatic heterocycles. The average Bonchev–Trinajstić information content (AvgIpc) is 2.55. The van der Waals surface area contributed by atoms with E-state index in [1.165, 1.54) is 11.1 Å². The summed E-state index contributed by atoms with van der Waals surface area (Å²) in [6.45, 7) is 5.05. The normalized spacial score (nSPS) is 19.1. The molecule has 0 N–H and O–H groups in total. The minimum absolute atomic E-state index is 0.287. The van der Waals surface area contributed by atoms with E-state index in [1.54, 1.807) is 11.9 Å². The molecule has 1 unspecified atom stereocenters. The number of piperazine rings is 1. The van der Waals surface area contributed by atoms with Gasteiger partial charge in [0, 0.05) is 24.7 Å². The molecule has 23 heavy (non-hydrogen) atoms. The van der Waals surface area contributed by atoms with Crippen LogP contribution >= 0.6 is 35.1 Å². The molecule has 1 saturated heterocycles. The fraction of sp³-hybridized carbons (Fsp3) is 0.333. The van der Waals surface area contributed by atoms with Gasteiger partial charge in [0.1, 0.15) is 0 Å². The third-order valence-corrected chi connectivity index (χ3v) is 5.67. The largest absolute Gasteiger partial charge is 0.361 e. The molecule has 0 radical (unpaired) electrons. The van der Waals surface area contributed by atoms with E-state index < -0.39 is 0 Å². The van der Waals surface area contributed by atoms with Crippen LogP contribution in [0.5, 0.6) is 0 Å². The fourth-order valence-corrected chi connectivity index (χ4v) is 4.07. The summed E-state index contributed by atoms with van der Waals surface area (Å²) >= 11 is 14.3. The summed E-state index contributed by atoms with van der Waals surface area (Å²) in [6.07, 6.45) is 2.14. The first kappa shape index (κ1) is 17.0. The van der Waals surface area contributed by atoms with Crippen LogP contribution in [0.25, 0.3) is 0 Å². The summed E-state index contributed by atoms with van der Waals surface area (Å²) in [4.78, 5) is 2.40. The van der Waals surface area contributed by atoms with Crippen LogP contribution in [0.4, 0.5) is 5.69 Å². The molecule has 2 aromatic carbocycles. The maximum absolute atomic E-state index is 6.47. The molecule has 1 fully saturated rings. The van der Waals surface area contributed by atoms with E-state index >= 15 is 0 Å². The molecule has 2 nitrogen and oxygen atoms in total. The van der Waals surface area contributed by atoms with E-state index in [-0.39, 0.29) is 6.04 Å². The Hall–Kier alpha value is -0.870. The maximum Gasteiger partial charge on any atom is 0.0680 e. The molecule has 1 aliphatic rings. The quantitative estimate of drug-likeness (QED) is 0.667. The van der Waals surface area contributed by atoms with Gasteiger partial charge in [0.2, 0.25) is 0 Å².